The number of hydrogen-bond acceptors (Lipinski definition) is 4. The summed E-state index contributed by atoms with van der Waals surface area (Å²) in [7, 11) is 0. The normalized spacial score (nSPS) is 11.3. The van der Waals surface area contributed by atoms with Crippen molar-refractivity contribution < 1.29 is 9.52 Å². The monoisotopic (exact) mass is 380 g/mol. The lowest BCUT2D eigenvalue weighted by Crippen LogP contribution is -1.83. The minimum atomic E-state index is -0.328. The third-order valence-electron chi connectivity index (χ3n) is 3.25. The van der Waals surface area contributed by atoms with Gasteiger partial charge in [-0.25, -0.2) is 4.98 Å². The summed E-state index contributed by atoms with van der Waals surface area (Å²) in [6.07, 6.45) is 1.35. The van der Waals surface area contributed by atoms with E-state index in [-0.39, 0.29) is 11.6 Å². The predicted molar refractivity (Wildman–Crippen MR) is 97.1 cm³/mol. The number of hydrogen-bond donors (Lipinski definition) is 1. The zero-order valence-electron chi connectivity index (χ0n) is 12.4. The van der Waals surface area contributed by atoms with Crippen LogP contribution >= 0.6 is 34.8 Å². The fourth-order valence-electron chi connectivity index (χ4n) is 1.97. The second kappa shape index (κ2) is 6.85. The molecule has 0 saturated heterocycles. The summed E-state index contributed by atoms with van der Waals surface area (Å²) in [5.74, 6) is -0.0281. The lowest BCUT2D eigenvalue weighted by atomic mass is 10.1. The molecule has 4 nitrogen and oxygen atoms in total. The number of nitrogens with zero attached hydrogens (tertiary/aromatic N) is 2. The van der Waals surface area contributed by atoms with Crippen LogP contribution in [0.15, 0.2) is 45.8 Å². The van der Waals surface area contributed by atoms with Crippen LogP contribution in [0, 0.1) is 6.92 Å². The van der Waals surface area contributed by atoms with Crippen LogP contribution in [0.3, 0.4) is 0 Å². The van der Waals surface area contributed by atoms with Crippen LogP contribution in [0.1, 0.15) is 11.3 Å². The molecule has 0 atom stereocenters. The predicted octanol–water partition coefficient (Wildman–Crippen LogP) is 6.07. The molecule has 0 radical (unpaired) electrons. The molecule has 0 saturated carbocycles. The molecule has 0 aliphatic heterocycles. The zero-order valence-corrected chi connectivity index (χ0v) is 14.7. The fraction of sp³-hybridized carbons (Fsp3) is 0.0588. The maximum atomic E-state index is 9.89. The largest absolute Gasteiger partial charge is 0.479 e. The Labute approximate surface area is 153 Å². The average Bonchev–Trinajstić information content (AvgIpc) is 2.91. The summed E-state index contributed by atoms with van der Waals surface area (Å²) in [6, 6.07) is 10.6. The van der Waals surface area contributed by atoms with E-state index >= 15 is 0 Å². The van der Waals surface area contributed by atoms with Crippen molar-refractivity contribution in [2.24, 2.45) is 4.99 Å². The maximum Gasteiger partial charge on any atom is 0.312 e. The number of aromatic hydroxyl groups is 1. The van der Waals surface area contributed by atoms with Gasteiger partial charge < -0.3 is 9.52 Å². The Hall–Kier alpha value is -2.01. The Kier molecular flexibility index (Phi) is 4.81. The highest BCUT2D eigenvalue weighted by atomic mass is 35.5. The Morgan fingerprint density at radius 1 is 1.04 bits per heavy atom. The van der Waals surface area contributed by atoms with Gasteiger partial charge in [0.05, 0.1) is 27.0 Å². The van der Waals surface area contributed by atoms with Gasteiger partial charge in [-0.05, 0) is 31.2 Å². The fourth-order valence-corrected chi connectivity index (χ4v) is 2.56. The van der Waals surface area contributed by atoms with Crippen LogP contribution in [0.5, 0.6) is 5.95 Å². The number of aliphatic imine (C=N–C) groups is 1. The molecular formula is C17H11Cl3N2O2. The molecule has 1 N–H and O–H groups in total. The van der Waals surface area contributed by atoms with E-state index in [2.05, 4.69) is 9.98 Å². The van der Waals surface area contributed by atoms with Crippen molar-refractivity contribution in [3.05, 3.63) is 62.7 Å². The van der Waals surface area contributed by atoms with Gasteiger partial charge in [-0.15, -0.1) is 0 Å². The number of rotatable bonds is 3. The van der Waals surface area contributed by atoms with E-state index in [9.17, 15) is 5.11 Å². The second-order valence-electron chi connectivity index (χ2n) is 5.05. The van der Waals surface area contributed by atoms with E-state index in [4.69, 9.17) is 39.2 Å². The Balaban J connectivity index is 1.91. The van der Waals surface area contributed by atoms with Gasteiger partial charge in [0.1, 0.15) is 0 Å². The van der Waals surface area contributed by atoms with Crippen LogP contribution in [-0.4, -0.2) is 16.3 Å². The molecule has 0 amide bonds. The topological polar surface area (TPSA) is 58.6 Å². The molecular weight excluding hydrogens is 371 g/mol. The third kappa shape index (κ3) is 3.56. The summed E-state index contributed by atoms with van der Waals surface area (Å²) in [5.41, 5.74) is 2.46. The summed E-state index contributed by atoms with van der Waals surface area (Å²) in [6.45, 7) is 1.98. The first-order valence-electron chi connectivity index (χ1n) is 6.89. The first kappa shape index (κ1) is 16.8. The standard InChI is InChI=1S/C17H11Cl3N2O2/c1-9-2-4-10(5-3-9)16-22-15(17(23)24-16)8-21-14-7-12(19)11(18)6-13(14)20/h2-8,23H,1H3. The molecule has 0 aliphatic carbocycles. The van der Waals surface area contributed by atoms with Crippen molar-refractivity contribution in [1.82, 2.24) is 4.98 Å². The first-order chi connectivity index (χ1) is 11.4. The van der Waals surface area contributed by atoms with Gasteiger partial charge in [0.15, 0.2) is 5.69 Å². The van der Waals surface area contributed by atoms with Gasteiger partial charge in [-0.2, -0.15) is 0 Å². The maximum absolute atomic E-state index is 9.89. The van der Waals surface area contributed by atoms with Crippen LogP contribution in [0.2, 0.25) is 15.1 Å². The lowest BCUT2D eigenvalue weighted by Gasteiger charge is -2.00. The van der Waals surface area contributed by atoms with E-state index in [1.165, 1.54) is 18.3 Å². The highest BCUT2D eigenvalue weighted by molar-refractivity contribution is 6.43. The molecule has 0 fully saturated rings. The molecule has 3 rings (SSSR count). The van der Waals surface area contributed by atoms with Crippen molar-refractivity contribution in [1.29, 1.82) is 0 Å². The molecule has 24 heavy (non-hydrogen) atoms. The highest BCUT2D eigenvalue weighted by Gasteiger charge is 2.12. The summed E-state index contributed by atoms with van der Waals surface area (Å²) in [4.78, 5) is 8.40. The van der Waals surface area contributed by atoms with Crippen LogP contribution < -0.4 is 0 Å². The van der Waals surface area contributed by atoms with Crippen molar-refractivity contribution in [2.75, 3.05) is 0 Å². The minimum Gasteiger partial charge on any atom is -0.479 e. The Bertz CT molecular complexity index is 918. The van der Waals surface area contributed by atoms with Gasteiger partial charge >= 0.3 is 5.95 Å². The van der Waals surface area contributed by atoms with Gasteiger partial charge in [0, 0.05) is 5.56 Å². The molecule has 3 aromatic rings. The number of oxazole rings is 1. The third-order valence-corrected chi connectivity index (χ3v) is 4.27. The molecule has 0 aliphatic rings. The molecule has 1 aromatic heterocycles. The Morgan fingerprint density at radius 3 is 2.42 bits per heavy atom. The van der Waals surface area contributed by atoms with Gasteiger partial charge in [0.25, 0.3) is 0 Å². The first-order valence-corrected chi connectivity index (χ1v) is 8.03. The number of aromatic nitrogens is 1. The number of halogens is 3. The van der Waals surface area contributed by atoms with Crippen LogP contribution in [0.4, 0.5) is 5.69 Å². The SMILES string of the molecule is Cc1ccc(-c2nc(C=Nc3cc(Cl)c(Cl)cc3Cl)c(O)o2)cc1. The molecule has 0 bridgehead atoms. The van der Waals surface area contributed by atoms with E-state index in [1.807, 2.05) is 31.2 Å². The quantitative estimate of drug-likeness (QED) is 0.442. The molecule has 0 unspecified atom stereocenters. The summed E-state index contributed by atoms with van der Waals surface area (Å²) < 4.78 is 5.28. The smallest absolute Gasteiger partial charge is 0.312 e. The van der Waals surface area contributed by atoms with Crippen molar-refractivity contribution in [3.8, 4) is 17.4 Å². The molecule has 122 valence electrons. The average molecular weight is 382 g/mol. The summed E-state index contributed by atoms with van der Waals surface area (Å²) >= 11 is 17.9. The molecule has 2 aromatic carbocycles. The zero-order chi connectivity index (χ0) is 17.3. The minimum absolute atomic E-state index is 0.188. The number of benzene rings is 2. The van der Waals surface area contributed by atoms with Crippen molar-refractivity contribution >= 4 is 46.7 Å². The lowest BCUT2D eigenvalue weighted by molar-refractivity contribution is 0.337. The molecule has 7 heteroatoms. The van der Waals surface area contributed by atoms with Gasteiger partial charge in [0.2, 0.25) is 5.89 Å². The van der Waals surface area contributed by atoms with E-state index in [1.54, 1.807) is 0 Å². The second-order valence-corrected chi connectivity index (χ2v) is 6.27. The van der Waals surface area contributed by atoms with Gasteiger partial charge in [-0.3, -0.25) is 4.99 Å². The molecule has 1 heterocycles. The van der Waals surface area contributed by atoms with E-state index in [0.29, 0.717) is 26.6 Å². The highest BCUT2D eigenvalue weighted by Crippen LogP contribution is 2.34. The van der Waals surface area contributed by atoms with Crippen LogP contribution in [0.25, 0.3) is 11.5 Å². The number of aryl methyl sites for hydroxylation is 1. The van der Waals surface area contributed by atoms with Gasteiger partial charge in [-0.1, -0.05) is 52.5 Å². The van der Waals surface area contributed by atoms with Crippen molar-refractivity contribution in [2.45, 2.75) is 6.92 Å². The van der Waals surface area contributed by atoms with Crippen LogP contribution in [-0.2, 0) is 0 Å². The van der Waals surface area contributed by atoms with E-state index < -0.39 is 0 Å². The summed E-state index contributed by atoms with van der Waals surface area (Å²) in [5, 5.41) is 10.9. The Morgan fingerprint density at radius 2 is 1.71 bits per heavy atom. The van der Waals surface area contributed by atoms with E-state index in [0.717, 1.165) is 11.1 Å². The molecule has 0 spiro atoms. The van der Waals surface area contributed by atoms with Crippen molar-refractivity contribution in [3.63, 3.8) is 0 Å².